The molecule has 0 spiro atoms. The molecule has 3 rings (SSSR count). The molecule has 2 heterocycles. The maximum Gasteiger partial charge on any atom is 0.275 e. The fourth-order valence-electron chi connectivity index (χ4n) is 1.94. The van der Waals surface area contributed by atoms with Gasteiger partial charge in [-0.1, -0.05) is 35.9 Å². The molecule has 0 aliphatic heterocycles. The zero-order valence-electron chi connectivity index (χ0n) is 10.6. The van der Waals surface area contributed by atoms with E-state index in [1.165, 1.54) is 0 Å². The number of rotatable bonds is 2. The van der Waals surface area contributed by atoms with E-state index >= 15 is 0 Å². The molecule has 0 unspecified atom stereocenters. The van der Waals surface area contributed by atoms with E-state index in [1.54, 1.807) is 12.1 Å². The van der Waals surface area contributed by atoms with E-state index in [0.29, 0.717) is 11.0 Å². The molecule has 0 aliphatic rings. The summed E-state index contributed by atoms with van der Waals surface area (Å²) in [4.78, 5) is 16.3. The van der Waals surface area contributed by atoms with Crippen molar-refractivity contribution in [3.05, 3.63) is 52.9 Å². The summed E-state index contributed by atoms with van der Waals surface area (Å²) in [7, 11) is 0. The van der Waals surface area contributed by atoms with Gasteiger partial charge in [-0.15, -0.1) is 0 Å². The van der Waals surface area contributed by atoms with Gasteiger partial charge in [-0.2, -0.15) is 5.10 Å². The Morgan fingerprint density at radius 1 is 1.30 bits per heavy atom. The van der Waals surface area contributed by atoms with Crippen LogP contribution in [-0.4, -0.2) is 21.1 Å². The lowest BCUT2D eigenvalue weighted by Crippen LogP contribution is -2.14. The summed E-state index contributed by atoms with van der Waals surface area (Å²) in [5.41, 5.74) is 1.12. The lowest BCUT2D eigenvalue weighted by atomic mass is 10.1. The highest BCUT2D eigenvalue weighted by molar-refractivity contribution is 6.34. The van der Waals surface area contributed by atoms with Crippen molar-refractivity contribution in [2.75, 3.05) is 5.32 Å². The molecule has 2 aromatic heterocycles. The van der Waals surface area contributed by atoms with Crippen molar-refractivity contribution in [2.45, 2.75) is 6.92 Å². The van der Waals surface area contributed by atoms with Gasteiger partial charge in [0.2, 0.25) is 0 Å². The van der Waals surface area contributed by atoms with E-state index in [0.717, 1.165) is 16.5 Å². The molecule has 0 fully saturated rings. The predicted octanol–water partition coefficient (Wildman–Crippen LogP) is 3.17. The number of amides is 1. The zero-order chi connectivity index (χ0) is 14.1. The van der Waals surface area contributed by atoms with Crippen molar-refractivity contribution < 1.29 is 4.79 Å². The first kappa shape index (κ1) is 12.6. The van der Waals surface area contributed by atoms with E-state index < -0.39 is 0 Å². The summed E-state index contributed by atoms with van der Waals surface area (Å²) >= 11 is 6.10. The van der Waals surface area contributed by atoms with E-state index in [4.69, 9.17) is 11.6 Å². The smallest absolute Gasteiger partial charge is 0.275 e. The van der Waals surface area contributed by atoms with Gasteiger partial charge < -0.3 is 5.32 Å². The molecule has 0 aliphatic carbocycles. The second-order valence-corrected chi connectivity index (χ2v) is 4.77. The molecule has 0 saturated heterocycles. The van der Waals surface area contributed by atoms with Crippen LogP contribution in [0.2, 0.25) is 5.15 Å². The van der Waals surface area contributed by atoms with Crippen LogP contribution in [0.5, 0.6) is 0 Å². The van der Waals surface area contributed by atoms with Crippen LogP contribution in [0, 0.1) is 6.92 Å². The third kappa shape index (κ3) is 2.35. The molecule has 3 aromatic rings. The molecule has 0 bridgehead atoms. The number of benzene rings is 1. The maximum atomic E-state index is 12.1. The monoisotopic (exact) mass is 286 g/mol. The lowest BCUT2D eigenvalue weighted by molar-refractivity contribution is 0.102. The zero-order valence-corrected chi connectivity index (χ0v) is 11.4. The molecular formula is C14H11ClN4O. The molecule has 5 nitrogen and oxygen atoms in total. The third-order valence-corrected chi connectivity index (χ3v) is 3.16. The van der Waals surface area contributed by atoms with Gasteiger partial charge in [-0.25, -0.2) is 4.98 Å². The summed E-state index contributed by atoms with van der Waals surface area (Å²) in [5.74, 6) is 0.114. The topological polar surface area (TPSA) is 70.7 Å². The van der Waals surface area contributed by atoms with Crippen LogP contribution < -0.4 is 5.32 Å². The molecule has 1 amide bonds. The van der Waals surface area contributed by atoms with E-state index in [-0.39, 0.29) is 11.6 Å². The molecule has 0 saturated carbocycles. The second kappa shape index (κ2) is 4.94. The Kier molecular flexibility index (Phi) is 3.12. The minimum Gasteiger partial charge on any atom is -0.304 e. The molecule has 100 valence electrons. The average Bonchev–Trinajstić information content (AvgIpc) is 2.84. The number of nitrogens with one attached hydrogen (secondary N) is 2. The van der Waals surface area contributed by atoms with Gasteiger partial charge >= 0.3 is 0 Å². The van der Waals surface area contributed by atoms with Gasteiger partial charge in [0, 0.05) is 17.1 Å². The number of halogens is 1. The Balaban J connectivity index is 1.95. The number of aromatic amines is 1. The number of pyridine rings is 1. The minimum absolute atomic E-state index is 0.259. The molecule has 2 N–H and O–H groups in total. The summed E-state index contributed by atoms with van der Waals surface area (Å²) < 4.78 is 0. The molecule has 1 aromatic carbocycles. The highest BCUT2D eigenvalue weighted by Gasteiger charge is 2.12. The minimum atomic E-state index is -0.343. The number of fused-ring (bicyclic) bond motifs is 1. The third-order valence-electron chi connectivity index (χ3n) is 2.87. The fraction of sp³-hybridized carbons (Fsp3) is 0.0714. The number of nitrogens with zero attached hydrogens (tertiary/aromatic N) is 2. The van der Waals surface area contributed by atoms with Crippen LogP contribution in [0.1, 0.15) is 16.2 Å². The van der Waals surface area contributed by atoms with E-state index in [1.807, 2.05) is 31.2 Å². The van der Waals surface area contributed by atoms with Crippen molar-refractivity contribution in [1.82, 2.24) is 15.2 Å². The number of anilines is 1. The number of hydrogen-bond donors (Lipinski definition) is 2. The normalized spacial score (nSPS) is 10.7. The van der Waals surface area contributed by atoms with Crippen molar-refractivity contribution in [3.8, 4) is 0 Å². The largest absolute Gasteiger partial charge is 0.304 e. The van der Waals surface area contributed by atoms with Gasteiger partial charge in [-0.05, 0) is 18.4 Å². The number of H-pyrrole nitrogens is 1. The number of carbonyl (C=O) groups is 1. The first-order chi connectivity index (χ1) is 9.63. The molecule has 0 atom stereocenters. The molecule has 0 radical (unpaired) electrons. The SMILES string of the molecule is Cc1cc(NC(=O)c2cc3ccccc3c(Cl)n2)n[nH]1. The first-order valence-electron chi connectivity index (χ1n) is 6.02. The quantitative estimate of drug-likeness (QED) is 0.711. The summed E-state index contributed by atoms with van der Waals surface area (Å²) in [6, 6.07) is 11.0. The highest BCUT2D eigenvalue weighted by Crippen LogP contribution is 2.22. The Hall–Kier alpha value is -2.40. The van der Waals surface area contributed by atoms with Crippen molar-refractivity contribution in [3.63, 3.8) is 0 Å². The second-order valence-electron chi connectivity index (χ2n) is 4.41. The van der Waals surface area contributed by atoms with E-state index in [2.05, 4.69) is 20.5 Å². The van der Waals surface area contributed by atoms with Crippen LogP contribution in [0.4, 0.5) is 5.82 Å². The van der Waals surface area contributed by atoms with Crippen molar-refractivity contribution in [2.24, 2.45) is 0 Å². The predicted molar refractivity (Wildman–Crippen MR) is 78.0 cm³/mol. The van der Waals surface area contributed by atoms with Crippen LogP contribution >= 0.6 is 11.6 Å². The standard InChI is InChI=1S/C14H11ClN4O/c1-8-6-12(19-18-8)17-14(20)11-7-9-4-2-3-5-10(9)13(15)16-11/h2-7H,1H3,(H2,17,18,19,20). The van der Waals surface area contributed by atoms with Crippen molar-refractivity contribution in [1.29, 1.82) is 0 Å². The molecule has 6 heteroatoms. The average molecular weight is 287 g/mol. The van der Waals surface area contributed by atoms with Gasteiger partial charge in [0.05, 0.1) is 0 Å². The number of hydrogen-bond acceptors (Lipinski definition) is 3. The number of aryl methyl sites for hydroxylation is 1. The fourth-order valence-corrected chi connectivity index (χ4v) is 2.20. The number of carbonyl (C=O) groups excluding carboxylic acids is 1. The maximum absolute atomic E-state index is 12.1. The molecular weight excluding hydrogens is 276 g/mol. The summed E-state index contributed by atoms with van der Waals surface area (Å²) in [5, 5.41) is 11.4. The van der Waals surface area contributed by atoms with Gasteiger partial charge in [-0.3, -0.25) is 9.89 Å². The summed E-state index contributed by atoms with van der Waals surface area (Å²) in [6.45, 7) is 1.85. The van der Waals surface area contributed by atoms with Gasteiger partial charge in [0.1, 0.15) is 10.8 Å². The number of aromatic nitrogens is 3. The highest BCUT2D eigenvalue weighted by atomic mass is 35.5. The van der Waals surface area contributed by atoms with Gasteiger partial charge in [0.15, 0.2) is 5.82 Å². The van der Waals surface area contributed by atoms with Crippen LogP contribution in [0.3, 0.4) is 0 Å². The van der Waals surface area contributed by atoms with E-state index in [9.17, 15) is 4.79 Å². The van der Waals surface area contributed by atoms with Crippen LogP contribution in [0.25, 0.3) is 10.8 Å². The Morgan fingerprint density at radius 3 is 2.85 bits per heavy atom. The Labute approximate surface area is 120 Å². The van der Waals surface area contributed by atoms with Crippen molar-refractivity contribution >= 4 is 34.1 Å². The van der Waals surface area contributed by atoms with Crippen LogP contribution in [-0.2, 0) is 0 Å². The molecule has 20 heavy (non-hydrogen) atoms. The Morgan fingerprint density at radius 2 is 2.10 bits per heavy atom. The Bertz CT molecular complexity index is 797. The van der Waals surface area contributed by atoms with Crippen LogP contribution in [0.15, 0.2) is 36.4 Å². The lowest BCUT2D eigenvalue weighted by Gasteiger charge is -2.05. The first-order valence-corrected chi connectivity index (χ1v) is 6.40. The summed E-state index contributed by atoms with van der Waals surface area (Å²) in [6.07, 6.45) is 0. The van der Waals surface area contributed by atoms with Gasteiger partial charge in [0.25, 0.3) is 5.91 Å².